The predicted molar refractivity (Wildman–Crippen MR) is 104 cm³/mol. The average molecular weight is 353 g/mol. The molecule has 2 aromatic rings. The normalized spacial score (nSPS) is 15.2. The van der Waals surface area contributed by atoms with Crippen LogP contribution in [0.1, 0.15) is 18.2 Å². The van der Waals surface area contributed by atoms with E-state index < -0.39 is 0 Å². The molecule has 2 N–H and O–H groups in total. The molecular weight excluding hydrogens is 326 g/mol. The summed E-state index contributed by atoms with van der Waals surface area (Å²) in [6, 6.07) is 14.6. The van der Waals surface area contributed by atoms with E-state index in [4.69, 9.17) is 10.5 Å². The highest BCUT2D eigenvalue weighted by Crippen LogP contribution is 2.29. The minimum absolute atomic E-state index is 0.584. The van der Waals surface area contributed by atoms with Crippen LogP contribution in [0.2, 0.25) is 0 Å². The van der Waals surface area contributed by atoms with Gasteiger partial charge in [-0.3, -0.25) is 4.90 Å². The van der Waals surface area contributed by atoms with Crippen LogP contribution in [0.3, 0.4) is 0 Å². The van der Waals surface area contributed by atoms with Gasteiger partial charge in [0.1, 0.15) is 17.6 Å². The summed E-state index contributed by atoms with van der Waals surface area (Å²) < 4.78 is 7.47. The lowest BCUT2D eigenvalue weighted by molar-refractivity contribution is 0.139. The molecule has 138 valence electrons. The van der Waals surface area contributed by atoms with Crippen molar-refractivity contribution < 1.29 is 4.74 Å². The lowest BCUT2D eigenvalue weighted by atomic mass is 10.2. The molecule has 0 unspecified atom stereocenters. The molecule has 1 saturated heterocycles. The number of anilines is 2. The molecule has 0 atom stereocenters. The molecule has 1 aliphatic heterocycles. The van der Waals surface area contributed by atoms with E-state index in [1.807, 2.05) is 17.6 Å². The highest BCUT2D eigenvalue weighted by Gasteiger charge is 2.23. The molecule has 0 bridgehead atoms. The molecule has 1 aromatic carbocycles. The minimum Gasteiger partial charge on any atom is -0.396 e. The number of benzene rings is 1. The van der Waals surface area contributed by atoms with Crippen molar-refractivity contribution in [3.05, 3.63) is 47.7 Å². The first-order valence-electron chi connectivity index (χ1n) is 9.21. The first kappa shape index (κ1) is 18.3. The maximum Gasteiger partial charge on any atom is 0.133 e. The Kier molecular flexibility index (Phi) is 6.16. The van der Waals surface area contributed by atoms with E-state index in [-0.39, 0.29) is 0 Å². The fraction of sp³-hybridized carbons (Fsp3) is 0.450. The summed E-state index contributed by atoms with van der Waals surface area (Å²) in [5.74, 6) is 0.959. The first-order chi connectivity index (χ1) is 12.7. The zero-order valence-corrected chi connectivity index (χ0v) is 15.4. The second-order valence-corrected chi connectivity index (χ2v) is 6.52. The standard InChI is InChI=1S/C20H27N5O/c1-2-26-13-12-25-18(15-21)14-19(22)20(25)24-10-8-23(9-11-24)16-17-6-4-3-5-7-17/h3-7,14H,2,8-13,16,22H2,1H3. The predicted octanol–water partition coefficient (Wildman–Crippen LogP) is 2.30. The Morgan fingerprint density at radius 3 is 2.54 bits per heavy atom. The van der Waals surface area contributed by atoms with E-state index in [1.165, 1.54) is 5.56 Å². The van der Waals surface area contributed by atoms with Crippen LogP contribution in [0.4, 0.5) is 11.5 Å². The number of hydrogen-bond acceptors (Lipinski definition) is 5. The maximum atomic E-state index is 9.42. The van der Waals surface area contributed by atoms with Gasteiger partial charge in [-0.05, 0) is 18.6 Å². The number of aromatic nitrogens is 1. The molecule has 1 aromatic heterocycles. The maximum absolute atomic E-state index is 9.42. The molecule has 0 radical (unpaired) electrons. The van der Waals surface area contributed by atoms with Crippen LogP contribution in [0.25, 0.3) is 0 Å². The van der Waals surface area contributed by atoms with Crippen molar-refractivity contribution in [2.75, 3.05) is 50.0 Å². The third-order valence-corrected chi connectivity index (χ3v) is 4.80. The second-order valence-electron chi connectivity index (χ2n) is 6.52. The van der Waals surface area contributed by atoms with Crippen LogP contribution >= 0.6 is 0 Å². The number of rotatable bonds is 7. The lowest BCUT2D eigenvalue weighted by Gasteiger charge is -2.36. The van der Waals surface area contributed by atoms with E-state index in [9.17, 15) is 5.26 Å². The van der Waals surface area contributed by atoms with Gasteiger partial charge in [0.05, 0.1) is 12.3 Å². The van der Waals surface area contributed by atoms with Crippen LogP contribution in [0.15, 0.2) is 36.4 Å². The van der Waals surface area contributed by atoms with Crippen LogP contribution in [-0.4, -0.2) is 48.9 Å². The highest BCUT2D eigenvalue weighted by molar-refractivity contribution is 5.68. The fourth-order valence-corrected chi connectivity index (χ4v) is 3.49. The zero-order chi connectivity index (χ0) is 18.4. The molecule has 1 aliphatic rings. The summed E-state index contributed by atoms with van der Waals surface area (Å²) in [6.45, 7) is 8.61. The van der Waals surface area contributed by atoms with Crippen molar-refractivity contribution in [2.24, 2.45) is 0 Å². The third kappa shape index (κ3) is 4.18. The van der Waals surface area contributed by atoms with Gasteiger partial charge in [-0.25, -0.2) is 0 Å². The van der Waals surface area contributed by atoms with Gasteiger partial charge in [0.25, 0.3) is 0 Å². The van der Waals surface area contributed by atoms with E-state index in [0.717, 1.165) is 38.5 Å². The van der Waals surface area contributed by atoms with Gasteiger partial charge >= 0.3 is 0 Å². The van der Waals surface area contributed by atoms with Gasteiger partial charge in [-0.2, -0.15) is 5.26 Å². The molecule has 0 aliphatic carbocycles. The number of nitrogens with two attached hydrogens (primary N) is 1. The number of piperazine rings is 1. The van der Waals surface area contributed by atoms with Gasteiger partial charge in [0, 0.05) is 45.9 Å². The van der Waals surface area contributed by atoms with Crippen LogP contribution < -0.4 is 10.6 Å². The molecule has 6 nitrogen and oxygen atoms in total. The summed E-state index contributed by atoms with van der Waals surface area (Å²) in [6.07, 6.45) is 0. The highest BCUT2D eigenvalue weighted by atomic mass is 16.5. The van der Waals surface area contributed by atoms with Gasteiger partial charge < -0.3 is 19.9 Å². The molecule has 0 amide bonds. The van der Waals surface area contributed by atoms with E-state index in [2.05, 4.69) is 40.1 Å². The molecular formula is C20H27N5O. The number of ether oxygens (including phenoxy) is 1. The van der Waals surface area contributed by atoms with Gasteiger partial charge in [0.2, 0.25) is 0 Å². The topological polar surface area (TPSA) is 70.4 Å². The summed E-state index contributed by atoms with van der Waals surface area (Å²) >= 11 is 0. The zero-order valence-electron chi connectivity index (χ0n) is 15.4. The Bertz CT molecular complexity index is 742. The Morgan fingerprint density at radius 1 is 1.15 bits per heavy atom. The van der Waals surface area contributed by atoms with E-state index >= 15 is 0 Å². The minimum atomic E-state index is 0.584. The van der Waals surface area contributed by atoms with Gasteiger partial charge in [-0.1, -0.05) is 30.3 Å². The molecule has 2 heterocycles. The van der Waals surface area contributed by atoms with Crippen molar-refractivity contribution in [3.8, 4) is 6.07 Å². The van der Waals surface area contributed by atoms with Crippen molar-refractivity contribution in [2.45, 2.75) is 20.0 Å². The Morgan fingerprint density at radius 2 is 1.88 bits per heavy atom. The Hall–Kier alpha value is -2.49. The number of nitrogens with zero attached hydrogens (tertiary/aromatic N) is 4. The number of nitrogen functional groups attached to an aromatic ring is 1. The second kappa shape index (κ2) is 8.75. The molecule has 6 heteroatoms. The quantitative estimate of drug-likeness (QED) is 0.774. The van der Waals surface area contributed by atoms with Crippen molar-refractivity contribution in [1.29, 1.82) is 5.26 Å². The largest absolute Gasteiger partial charge is 0.396 e. The van der Waals surface area contributed by atoms with Crippen molar-refractivity contribution in [3.63, 3.8) is 0 Å². The summed E-state index contributed by atoms with van der Waals surface area (Å²) in [7, 11) is 0. The molecule has 0 saturated carbocycles. The monoisotopic (exact) mass is 353 g/mol. The average Bonchev–Trinajstić information content (AvgIpc) is 2.99. The number of hydrogen-bond donors (Lipinski definition) is 1. The van der Waals surface area contributed by atoms with Crippen LogP contribution in [0.5, 0.6) is 0 Å². The van der Waals surface area contributed by atoms with Gasteiger partial charge in [0.15, 0.2) is 0 Å². The molecule has 3 rings (SSSR count). The first-order valence-corrected chi connectivity index (χ1v) is 9.21. The summed E-state index contributed by atoms with van der Waals surface area (Å²) in [5, 5.41) is 9.42. The smallest absolute Gasteiger partial charge is 0.133 e. The van der Waals surface area contributed by atoms with Crippen LogP contribution in [0, 0.1) is 11.3 Å². The van der Waals surface area contributed by atoms with Crippen molar-refractivity contribution >= 4 is 11.5 Å². The lowest BCUT2D eigenvalue weighted by Crippen LogP contribution is -2.46. The third-order valence-electron chi connectivity index (χ3n) is 4.80. The Labute approximate surface area is 155 Å². The van der Waals surface area contributed by atoms with Crippen LogP contribution in [-0.2, 0) is 17.8 Å². The molecule has 0 spiro atoms. The van der Waals surface area contributed by atoms with Crippen molar-refractivity contribution in [1.82, 2.24) is 9.47 Å². The van der Waals surface area contributed by atoms with E-state index in [0.29, 0.717) is 31.1 Å². The number of nitriles is 1. The summed E-state index contributed by atoms with van der Waals surface area (Å²) in [5.41, 5.74) is 8.86. The Balaban J connectivity index is 1.67. The fourth-order valence-electron chi connectivity index (χ4n) is 3.49. The van der Waals surface area contributed by atoms with E-state index in [1.54, 1.807) is 6.07 Å². The molecule has 1 fully saturated rings. The van der Waals surface area contributed by atoms with Gasteiger partial charge in [-0.15, -0.1) is 0 Å². The summed E-state index contributed by atoms with van der Waals surface area (Å²) in [4.78, 5) is 4.75. The molecule has 26 heavy (non-hydrogen) atoms. The SMILES string of the molecule is CCOCCn1c(C#N)cc(N)c1N1CCN(Cc2ccccc2)CC1.